The van der Waals surface area contributed by atoms with Gasteiger partial charge in [-0.2, -0.15) is 0 Å². The molecule has 0 aromatic heterocycles. The average Bonchev–Trinajstić information content (AvgIpc) is 2.80. The highest BCUT2D eigenvalue weighted by molar-refractivity contribution is 7.52. The molecule has 2 unspecified atom stereocenters. The molecule has 0 aliphatic heterocycles. The van der Waals surface area contributed by atoms with Gasteiger partial charge in [-0.15, -0.1) is 0 Å². The number of ketones is 1. The lowest BCUT2D eigenvalue weighted by molar-refractivity contribution is -0.867. The van der Waals surface area contributed by atoms with Crippen LogP contribution in [0.15, 0.2) is 24.3 Å². The van der Waals surface area contributed by atoms with Crippen molar-refractivity contribution in [2.75, 3.05) is 47.1 Å². The first-order valence-corrected chi connectivity index (χ1v) is 15.7. The number of hydrogen-bond acceptors (Lipinski definition) is 4. The molecule has 0 amide bonds. The minimum Gasteiger partial charge on any atom is -0.494 e. The maximum atomic E-state index is 12.4. The fourth-order valence-corrected chi connectivity index (χ4v) is 5.57. The number of quaternary nitrogens is 1. The number of carbonyl (C=O) groups excluding carboxylic acids is 1. The van der Waals surface area contributed by atoms with E-state index in [0.29, 0.717) is 23.9 Å². The van der Waals surface area contributed by atoms with Crippen molar-refractivity contribution in [2.24, 2.45) is 5.92 Å². The minimum absolute atomic E-state index is 0.0548. The van der Waals surface area contributed by atoms with Crippen LogP contribution in [0.2, 0.25) is 0 Å². The second kappa shape index (κ2) is 18.1. The normalized spacial score (nSPS) is 14.4. The maximum absolute atomic E-state index is 12.4. The molecule has 0 bridgehead atoms. The van der Waals surface area contributed by atoms with Crippen molar-refractivity contribution < 1.29 is 28.0 Å². The van der Waals surface area contributed by atoms with Gasteiger partial charge in [-0.1, -0.05) is 76.8 Å². The highest BCUT2D eigenvalue weighted by Crippen LogP contribution is 2.42. The highest BCUT2D eigenvalue weighted by Gasteiger charge is 2.25. The monoisotopic (exact) mass is 526 g/mol. The molecule has 0 fully saturated rings. The fourth-order valence-electron chi connectivity index (χ4n) is 4.14. The Balaban J connectivity index is 2.35. The third-order valence-corrected chi connectivity index (χ3v) is 7.67. The van der Waals surface area contributed by atoms with Crippen molar-refractivity contribution in [3.63, 3.8) is 0 Å². The molecule has 0 saturated carbocycles. The summed E-state index contributed by atoms with van der Waals surface area (Å²) in [6, 6.07) is 7.96. The first-order chi connectivity index (χ1) is 17.0. The van der Waals surface area contributed by atoms with E-state index >= 15 is 0 Å². The Morgan fingerprint density at radius 2 is 1.50 bits per heavy atom. The standard InChI is InChI=1S/C29H52NO5P/c1-6-7-8-9-10-11-12-13-14-15-21-34-29-18-16-27(17-19-29)24-28(23-26(2)31)25-35-36(32,33)22-20-30(3,4)5/h16-19,28H,6-15,20-25H2,1-5H3/p+1. The molecule has 208 valence electrons. The second-order valence-corrected chi connectivity index (χ2v) is 13.3. The van der Waals surface area contributed by atoms with E-state index in [1.807, 2.05) is 45.4 Å². The molecule has 36 heavy (non-hydrogen) atoms. The molecule has 1 N–H and O–H groups in total. The van der Waals surface area contributed by atoms with Crippen LogP contribution in [-0.2, 0) is 20.3 Å². The lowest BCUT2D eigenvalue weighted by Gasteiger charge is -2.25. The van der Waals surface area contributed by atoms with Crippen molar-refractivity contribution in [3.05, 3.63) is 29.8 Å². The summed E-state index contributed by atoms with van der Waals surface area (Å²) >= 11 is 0. The summed E-state index contributed by atoms with van der Waals surface area (Å²) in [4.78, 5) is 21.9. The predicted molar refractivity (Wildman–Crippen MR) is 150 cm³/mol. The van der Waals surface area contributed by atoms with E-state index < -0.39 is 7.60 Å². The first kappa shape index (κ1) is 32.8. The average molecular weight is 527 g/mol. The quantitative estimate of drug-likeness (QED) is 0.0997. The molecule has 0 aliphatic carbocycles. The van der Waals surface area contributed by atoms with E-state index in [1.54, 1.807) is 6.92 Å². The number of unbranched alkanes of at least 4 members (excludes halogenated alkanes) is 9. The summed E-state index contributed by atoms with van der Waals surface area (Å²) in [7, 11) is 2.25. The zero-order chi connectivity index (χ0) is 26.9. The van der Waals surface area contributed by atoms with Crippen LogP contribution >= 0.6 is 7.60 Å². The second-order valence-electron chi connectivity index (χ2n) is 11.3. The molecule has 0 heterocycles. The number of nitrogens with zero attached hydrogens (tertiary/aromatic N) is 1. The largest absolute Gasteiger partial charge is 0.494 e. The van der Waals surface area contributed by atoms with Gasteiger partial charge in [0.2, 0.25) is 0 Å². The van der Waals surface area contributed by atoms with Crippen LogP contribution in [0.3, 0.4) is 0 Å². The summed E-state index contributed by atoms with van der Waals surface area (Å²) in [6.45, 7) is 5.18. The molecule has 0 radical (unpaired) electrons. The molecule has 2 atom stereocenters. The van der Waals surface area contributed by atoms with E-state index in [4.69, 9.17) is 9.26 Å². The molecule has 0 spiro atoms. The number of ether oxygens (including phenoxy) is 1. The molecule has 1 aromatic rings. The Labute approximate surface area is 220 Å². The number of hydrogen-bond donors (Lipinski definition) is 1. The number of benzene rings is 1. The third-order valence-electron chi connectivity index (χ3n) is 6.36. The molecule has 0 aliphatic rings. The van der Waals surface area contributed by atoms with Crippen molar-refractivity contribution in [3.8, 4) is 5.75 Å². The van der Waals surface area contributed by atoms with Gasteiger partial charge in [-0.3, -0.25) is 4.57 Å². The number of Topliss-reactive ketones (excluding diaryl/α,β-unsaturated/α-hetero) is 1. The van der Waals surface area contributed by atoms with Crippen LogP contribution in [-0.4, -0.2) is 62.2 Å². The topological polar surface area (TPSA) is 72.8 Å². The zero-order valence-electron chi connectivity index (χ0n) is 23.7. The van der Waals surface area contributed by atoms with Gasteiger partial charge in [-0.05, 0) is 43.4 Å². The first-order valence-electron chi connectivity index (χ1n) is 14.0. The Bertz CT molecular complexity index is 760. The minimum atomic E-state index is -3.68. The van der Waals surface area contributed by atoms with Gasteiger partial charge in [0.1, 0.15) is 11.5 Å². The zero-order valence-corrected chi connectivity index (χ0v) is 24.6. The Morgan fingerprint density at radius 3 is 2.03 bits per heavy atom. The van der Waals surface area contributed by atoms with Gasteiger partial charge in [0.25, 0.3) is 0 Å². The third kappa shape index (κ3) is 18.1. The van der Waals surface area contributed by atoms with Crippen LogP contribution in [0.4, 0.5) is 0 Å². The van der Waals surface area contributed by atoms with Gasteiger partial charge >= 0.3 is 7.60 Å². The Hall–Kier alpha value is -1.20. The SMILES string of the molecule is CCCCCCCCCCCCOc1ccc(CC(COP(=O)(O)CC[N+](C)(C)C)CC(C)=O)cc1. The molecule has 0 saturated heterocycles. The van der Waals surface area contributed by atoms with Crippen molar-refractivity contribution in [1.29, 1.82) is 0 Å². The fraction of sp³-hybridized carbons (Fsp3) is 0.759. The lowest BCUT2D eigenvalue weighted by atomic mass is 9.95. The van der Waals surface area contributed by atoms with Gasteiger partial charge in [-0.25, -0.2) is 0 Å². The van der Waals surface area contributed by atoms with Crippen LogP contribution in [0.1, 0.15) is 90.0 Å². The Morgan fingerprint density at radius 1 is 0.944 bits per heavy atom. The molecular weight excluding hydrogens is 473 g/mol. The van der Waals surface area contributed by atoms with Gasteiger partial charge < -0.3 is 23.4 Å². The summed E-state index contributed by atoms with van der Waals surface area (Å²) in [6.07, 6.45) is 14.1. The summed E-state index contributed by atoms with van der Waals surface area (Å²) in [5.41, 5.74) is 1.07. The van der Waals surface area contributed by atoms with Gasteiger partial charge in [0, 0.05) is 6.42 Å². The lowest BCUT2D eigenvalue weighted by Crippen LogP contribution is -2.37. The van der Waals surface area contributed by atoms with Crippen LogP contribution in [0, 0.1) is 5.92 Å². The summed E-state index contributed by atoms with van der Waals surface area (Å²) in [5.74, 6) is 0.777. The molecule has 7 heteroatoms. The van der Waals surface area contributed by atoms with Crippen molar-refractivity contribution >= 4 is 13.4 Å². The smallest absolute Gasteiger partial charge is 0.333 e. The van der Waals surface area contributed by atoms with Crippen molar-refractivity contribution in [1.82, 2.24) is 0 Å². The molecule has 1 aromatic carbocycles. The summed E-state index contributed by atoms with van der Waals surface area (Å²) in [5, 5.41) is 0. The highest BCUT2D eigenvalue weighted by atomic mass is 31.2. The maximum Gasteiger partial charge on any atom is 0.333 e. The number of rotatable bonds is 22. The Kier molecular flexibility index (Phi) is 16.5. The van der Waals surface area contributed by atoms with Crippen LogP contribution in [0.25, 0.3) is 0 Å². The number of carbonyl (C=O) groups is 1. The van der Waals surface area contributed by atoms with E-state index in [1.165, 1.54) is 57.8 Å². The molecule has 1 rings (SSSR count). The predicted octanol–water partition coefficient (Wildman–Crippen LogP) is 7.03. The van der Waals surface area contributed by atoms with Gasteiger partial charge in [0.15, 0.2) is 0 Å². The van der Waals surface area contributed by atoms with E-state index in [0.717, 1.165) is 24.3 Å². The molecular formula is C29H53NO5P+. The van der Waals surface area contributed by atoms with E-state index in [2.05, 4.69) is 6.92 Å². The van der Waals surface area contributed by atoms with E-state index in [9.17, 15) is 14.3 Å². The van der Waals surface area contributed by atoms with E-state index in [-0.39, 0.29) is 24.5 Å². The van der Waals surface area contributed by atoms with Gasteiger partial charge in [0.05, 0.1) is 47.1 Å². The van der Waals surface area contributed by atoms with Crippen LogP contribution in [0.5, 0.6) is 5.75 Å². The van der Waals surface area contributed by atoms with Crippen molar-refractivity contribution in [2.45, 2.75) is 90.9 Å². The van der Waals surface area contributed by atoms with Crippen LogP contribution < -0.4 is 4.74 Å². The summed E-state index contributed by atoms with van der Waals surface area (Å²) < 4.78 is 24.3. The molecule has 6 nitrogen and oxygen atoms in total.